The maximum atomic E-state index is 11.8. The average molecular weight is 466 g/mol. The van der Waals surface area contributed by atoms with Crippen LogP contribution in [0.5, 0.6) is 0 Å². The van der Waals surface area contributed by atoms with E-state index in [1.54, 1.807) is 24.0 Å². The number of hydrogen-bond donors (Lipinski definition) is 2. The van der Waals surface area contributed by atoms with E-state index in [1.165, 1.54) is 12.1 Å². The second-order valence-corrected chi connectivity index (χ2v) is 9.97. The Hall–Kier alpha value is -2.23. The molecule has 4 unspecified atom stereocenters. The molecule has 2 saturated heterocycles. The monoisotopic (exact) mass is 465 g/mol. The number of aliphatic hydroxyl groups is 2. The van der Waals surface area contributed by atoms with Gasteiger partial charge in [0.1, 0.15) is 5.60 Å². The Morgan fingerprint density at radius 2 is 1.64 bits per heavy atom. The van der Waals surface area contributed by atoms with Gasteiger partial charge in [0.25, 0.3) is 5.69 Å². The predicted molar refractivity (Wildman–Crippen MR) is 126 cm³/mol. The number of nitro groups is 1. The summed E-state index contributed by atoms with van der Waals surface area (Å²) < 4.78 is 5.28. The molecule has 1 amide bonds. The highest BCUT2D eigenvalue weighted by molar-refractivity contribution is 5.69. The summed E-state index contributed by atoms with van der Waals surface area (Å²) in [5.74, 6) is 0. The predicted octanol–water partition coefficient (Wildman–Crippen LogP) is 3.71. The number of amides is 1. The molecule has 0 bridgehead atoms. The van der Waals surface area contributed by atoms with E-state index in [1.807, 2.05) is 27.7 Å². The van der Waals surface area contributed by atoms with E-state index in [-0.39, 0.29) is 30.0 Å². The SMILES string of the molecule is CC(O)C1CCCN1C(=O)OC(C)(C)C.CC(O)C1CCCN1Cc1ccc([N+](=O)[O-])cc1. The molecule has 0 radical (unpaired) electrons. The van der Waals surface area contributed by atoms with Crippen LogP contribution in [0.3, 0.4) is 0 Å². The Bertz CT molecular complexity index is 775. The lowest BCUT2D eigenvalue weighted by molar-refractivity contribution is -0.384. The van der Waals surface area contributed by atoms with Gasteiger partial charge in [0, 0.05) is 31.3 Å². The molecule has 2 aliphatic heterocycles. The van der Waals surface area contributed by atoms with Gasteiger partial charge in [-0.15, -0.1) is 0 Å². The number of carbonyl (C=O) groups is 1. The molecule has 2 aliphatic rings. The molecule has 186 valence electrons. The van der Waals surface area contributed by atoms with Crippen molar-refractivity contribution in [2.24, 2.45) is 0 Å². The zero-order valence-electron chi connectivity index (χ0n) is 20.4. The zero-order valence-corrected chi connectivity index (χ0v) is 20.4. The van der Waals surface area contributed by atoms with Crippen LogP contribution in [0.2, 0.25) is 0 Å². The van der Waals surface area contributed by atoms with Crippen molar-refractivity contribution in [2.75, 3.05) is 13.1 Å². The van der Waals surface area contributed by atoms with Gasteiger partial charge in [-0.05, 0) is 72.4 Å². The molecule has 9 heteroatoms. The number of aliphatic hydroxyl groups excluding tert-OH is 2. The number of rotatable bonds is 5. The lowest BCUT2D eigenvalue weighted by Crippen LogP contribution is -2.44. The van der Waals surface area contributed by atoms with Crippen LogP contribution in [-0.2, 0) is 11.3 Å². The van der Waals surface area contributed by atoms with Crippen molar-refractivity contribution < 1.29 is 24.7 Å². The Morgan fingerprint density at radius 3 is 2.15 bits per heavy atom. The van der Waals surface area contributed by atoms with Gasteiger partial charge in [0.2, 0.25) is 0 Å². The smallest absolute Gasteiger partial charge is 0.410 e. The lowest BCUT2D eigenvalue weighted by Gasteiger charge is -2.29. The fourth-order valence-electron chi connectivity index (χ4n) is 4.39. The van der Waals surface area contributed by atoms with Crippen LogP contribution in [0.1, 0.15) is 65.9 Å². The standard InChI is InChI=1S/C13H18N2O3.C11H21NO3/c1-10(16)13-3-2-8-14(13)9-11-4-6-12(7-5-11)15(17)18;1-8(13)9-6-5-7-12(9)10(14)15-11(2,3)4/h4-7,10,13,16H,2-3,8-9H2,1H3;8-9,13H,5-7H2,1-4H3. The molecular weight excluding hydrogens is 426 g/mol. The summed E-state index contributed by atoms with van der Waals surface area (Å²) in [5.41, 5.74) is 0.698. The zero-order chi connectivity index (χ0) is 24.8. The fourth-order valence-corrected chi connectivity index (χ4v) is 4.39. The molecule has 0 aliphatic carbocycles. The number of ether oxygens (including phenoxy) is 1. The van der Waals surface area contributed by atoms with Crippen LogP contribution in [0.15, 0.2) is 24.3 Å². The Labute approximate surface area is 196 Å². The molecule has 1 aromatic carbocycles. The second kappa shape index (κ2) is 11.8. The highest BCUT2D eigenvalue weighted by atomic mass is 16.6. The van der Waals surface area contributed by atoms with Gasteiger partial charge < -0.3 is 19.8 Å². The lowest BCUT2D eigenvalue weighted by atomic mass is 10.1. The van der Waals surface area contributed by atoms with Crippen LogP contribution in [0.25, 0.3) is 0 Å². The third kappa shape index (κ3) is 8.24. The van der Waals surface area contributed by atoms with Gasteiger partial charge in [-0.25, -0.2) is 4.79 Å². The van der Waals surface area contributed by atoms with Crippen molar-refractivity contribution in [1.82, 2.24) is 9.80 Å². The maximum Gasteiger partial charge on any atom is 0.410 e. The molecule has 0 aromatic heterocycles. The van der Waals surface area contributed by atoms with Crippen molar-refractivity contribution >= 4 is 11.8 Å². The molecule has 2 N–H and O–H groups in total. The Kier molecular flexibility index (Phi) is 9.63. The molecule has 2 heterocycles. The summed E-state index contributed by atoms with van der Waals surface area (Å²) in [4.78, 5) is 25.8. The molecule has 33 heavy (non-hydrogen) atoms. The first kappa shape index (κ1) is 27.0. The number of likely N-dealkylation sites (tertiary alicyclic amines) is 2. The minimum Gasteiger partial charge on any atom is -0.444 e. The molecule has 2 fully saturated rings. The van der Waals surface area contributed by atoms with E-state index in [0.29, 0.717) is 6.54 Å². The number of nitro benzene ring substituents is 1. The van der Waals surface area contributed by atoms with Crippen molar-refractivity contribution in [3.63, 3.8) is 0 Å². The minimum atomic E-state index is -0.486. The summed E-state index contributed by atoms with van der Waals surface area (Å²) in [6.45, 7) is 11.5. The first-order valence-corrected chi connectivity index (χ1v) is 11.7. The van der Waals surface area contributed by atoms with E-state index < -0.39 is 16.6 Å². The van der Waals surface area contributed by atoms with Crippen molar-refractivity contribution in [3.8, 4) is 0 Å². The topological polar surface area (TPSA) is 116 Å². The number of carbonyl (C=O) groups excluding carboxylic acids is 1. The molecule has 0 saturated carbocycles. The van der Waals surface area contributed by atoms with Gasteiger partial charge in [0.05, 0.1) is 23.2 Å². The second-order valence-electron chi connectivity index (χ2n) is 9.97. The van der Waals surface area contributed by atoms with Crippen molar-refractivity contribution in [2.45, 2.75) is 96.7 Å². The Morgan fingerprint density at radius 1 is 1.09 bits per heavy atom. The van der Waals surface area contributed by atoms with Gasteiger partial charge in [-0.1, -0.05) is 12.1 Å². The van der Waals surface area contributed by atoms with Crippen LogP contribution in [0.4, 0.5) is 10.5 Å². The fraction of sp³-hybridized carbons (Fsp3) is 0.708. The molecule has 9 nitrogen and oxygen atoms in total. The van der Waals surface area contributed by atoms with E-state index in [2.05, 4.69) is 4.90 Å². The van der Waals surface area contributed by atoms with Gasteiger partial charge in [0.15, 0.2) is 0 Å². The molecule has 3 rings (SSSR count). The summed E-state index contributed by atoms with van der Waals surface area (Å²) >= 11 is 0. The summed E-state index contributed by atoms with van der Waals surface area (Å²) in [5, 5.41) is 29.8. The number of hydrogen-bond acceptors (Lipinski definition) is 7. The first-order valence-electron chi connectivity index (χ1n) is 11.7. The quantitative estimate of drug-likeness (QED) is 0.503. The molecule has 0 spiro atoms. The number of non-ortho nitro benzene ring substituents is 1. The normalized spacial score (nSPS) is 22.9. The van der Waals surface area contributed by atoms with E-state index in [4.69, 9.17) is 4.74 Å². The number of nitrogens with zero attached hydrogens (tertiary/aromatic N) is 3. The average Bonchev–Trinajstić information content (AvgIpc) is 3.37. The highest BCUT2D eigenvalue weighted by Gasteiger charge is 2.34. The number of benzene rings is 1. The van der Waals surface area contributed by atoms with Crippen LogP contribution in [0, 0.1) is 10.1 Å². The summed E-state index contributed by atoms with van der Waals surface area (Å²) in [7, 11) is 0. The van der Waals surface area contributed by atoms with Crippen LogP contribution < -0.4 is 0 Å². The third-order valence-corrected chi connectivity index (χ3v) is 5.99. The van der Waals surface area contributed by atoms with Crippen molar-refractivity contribution in [3.05, 3.63) is 39.9 Å². The molecule has 1 aromatic rings. The first-order chi connectivity index (χ1) is 15.4. The summed E-state index contributed by atoms with van der Waals surface area (Å²) in [6.07, 6.45) is 2.79. The molecule has 4 atom stereocenters. The largest absolute Gasteiger partial charge is 0.444 e. The third-order valence-electron chi connectivity index (χ3n) is 5.99. The van der Waals surface area contributed by atoms with Crippen molar-refractivity contribution in [1.29, 1.82) is 0 Å². The maximum absolute atomic E-state index is 11.8. The van der Waals surface area contributed by atoms with Gasteiger partial charge in [-0.2, -0.15) is 0 Å². The molecular formula is C24H39N3O6. The van der Waals surface area contributed by atoms with Gasteiger partial charge in [-0.3, -0.25) is 15.0 Å². The summed E-state index contributed by atoms with van der Waals surface area (Å²) in [6, 6.07) is 6.76. The van der Waals surface area contributed by atoms with E-state index >= 15 is 0 Å². The van der Waals surface area contributed by atoms with Crippen LogP contribution in [-0.4, -0.2) is 74.0 Å². The Balaban J connectivity index is 0.000000238. The highest BCUT2D eigenvalue weighted by Crippen LogP contribution is 2.24. The van der Waals surface area contributed by atoms with Gasteiger partial charge >= 0.3 is 6.09 Å². The van der Waals surface area contributed by atoms with E-state index in [9.17, 15) is 25.1 Å². The van der Waals surface area contributed by atoms with E-state index in [0.717, 1.165) is 44.3 Å². The minimum absolute atomic E-state index is 0.0835. The van der Waals surface area contributed by atoms with Crippen LogP contribution >= 0.6 is 0 Å².